The fraction of sp³-hybridized carbons (Fsp3) is 0.176. The predicted molar refractivity (Wildman–Crippen MR) is 93.7 cm³/mol. The van der Waals surface area contributed by atoms with Crippen LogP contribution < -0.4 is 4.72 Å². The summed E-state index contributed by atoms with van der Waals surface area (Å²) in [5.74, 6) is 0. The Bertz CT molecular complexity index is 786. The SMILES string of the molecule is Cc1cc(C)c(C=CS(=O)(=O)Nc2ccc(Cl)cc2)c(C)c1. The van der Waals surface area contributed by atoms with Crippen molar-refractivity contribution in [3.05, 3.63) is 69.1 Å². The van der Waals surface area contributed by atoms with Crippen LogP contribution in [-0.2, 0) is 10.0 Å². The number of nitrogens with one attached hydrogen (secondary N) is 1. The van der Waals surface area contributed by atoms with E-state index in [9.17, 15) is 8.42 Å². The molecular weight excluding hydrogens is 318 g/mol. The Labute approximate surface area is 136 Å². The first-order chi connectivity index (χ1) is 10.3. The van der Waals surface area contributed by atoms with Crippen LogP contribution in [0.25, 0.3) is 6.08 Å². The van der Waals surface area contributed by atoms with Gasteiger partial charge in [-0.25, -0.2) is 8.42 Å². The molecule has 1 N–H and O–H groups in total. The number of rotatable bonds is 4. The normalized spacial score (nSPS) is 11.8. The van der Waals surface area contributed by atoms with Gasteiger partial charge in [0, 0.05) is 10.7 Å². The van der Waals surface area contributed by atoms with Crippen LogP contribution in [0.3, 0.4) is 0 Å². The van der Waals surface area contributed by atoms with E-state index in [0.29, 0.717) is 10.7 Å². The zero-order valence-electron chi connectivity index (χ0n) is 12.7. The Kier molecular flexibility index (Phi) is 4.94. The van der Waals surface area contributed by atoms with Gasteiger partial charge in [0.25, 0.3) is 10.0 Å². The van der Waals surface area contributed by atoms with Crippen molar-refractivity contribution in [2.45, 2.75) is 20.8 Å². The van der Waals surface area contributed by atoms with Crippen molar-refractivity contribution in [2.24, 2.45) is 0 Å². The zero-order valence-corrected chi connectivity index (χ0v) is 14.3. The van der Waals surface area contributed by atoms with Gasteiger partial charge in [0.05, 0.1) is 5.41 Å². The molecule has 0 amide bonds. The van der Waals surface area contributed by atoms with Crippen molar-refractivity contribution in [3.8, 4) is 0 Å². The Morgan fingerprint density at radius 3 is 2.09 bits per heavy atom. The lowest BCUT2D eigenvalue weighted by Crippen LogP contribution is -2.08. The average molecular weight is 336 g/mol. The zero-order chi connectivity index (χ0) is 16.3. The van der Waals surface area contributed by atoms with Crippen LogP contribution in [0.5, 0.6) is 0 Å². The van der Waals surface area contributed by atoms with Crippen LogP contribution in [-0.4, -0.2) is 8.42 Å². The maximum Gasteiger partial charge on any atom is 0.255 e. The number of halogens is 1. The van der Waals surface area contributed by atoms with E-state index in [-0.39, 0.29) is 0 Å². The van der Waals surface area contributed by atoms with Crippen LogP contribution in [0.15, 0.2) is 41.8 Å². The highest BCUT2D eigenvalue weighted by Crippen LogP contribution is 2.19. The van der Waals surface area contributed by atoms with E-state index in [1.54, 1.807) is 30.3 Å². The van der Waals surface area contributed by atoms with E-state index in [4.69, 9.17) is 11.6 Å². The molecule has 2 rings (SSSR count). The molecule has 0 unspecified atom stereocenters. The molecule has 0 atom stereocenters. The van der Waals surface area contributed by atoms with Crippen molar-refractivity contribution >= 4 is 33.4 Å². The average Bonchev–Trinajstić information content (AvgIpc) is 2.40. The maximum atomic E-state index is 12.1. The minimum atomic E-state index is -3.56. The first kappa shape index (κ1) is 16.6. The molecule has 116 valence electrons. The van der Waals surface area contributed by atoms with Crippen molar-refractivity contribution in [1.29, 1.82) is 0 Å². The number of sulfonamides is 1. The van der Waals surface area contributed by atoms with Gasteiger partial charge in [0.15, 0.2) is 0 Å². The van der Waals surface area contributed by atoms with Gasteiger partial charge in [-0.15, -0.1) is 0 Å². The van der Waals surface area contributed by atoms with Crippen LogP contribution >= 0.6 is 11.6 Å². The van der Waals surface area contributed by atoms with Gasteiger partial charge >= 0.3 is 0 Å². The summed E-state index contributed by atoms with van der Waals surface area (Å²) in [6.07, 6.45) is 1.63. The van der Waals surface area contributed by atoms with Gasteiger partial charge in [-0.2, -0.15) is 0 Å². The molecule has 5 heteroatoms. The summed E-state index contributed by atoms with van der Waals surface area (Å²) in [4.78, 5) is 0. The molecule has 0 aliphatic carbocycles. The summed E-state index contributed by atoms with van der Waals surface area (Å²) in [7, 11) is -3.56. The molecule has 0 bridgehead atoms. The third kappa shape index (κ3) is 4.36. The number of aryl methyl sites for hydroxylation is 3. The first-order valence-corrected chi connectivity index (χ1v) is 8.73. The van der Waals surface area contributed by atoms with Crippen LogP contribution in [0, 0.1) is 20.8 Å². The molecule has 2 aromatic carbocycles. The molecule has 0 aliphatic rings. The summed E-state index contributed by atoms with van der Waals surface area (Å²) < 4.78 is 26.7. The Hall–Kier alpha value is -1.78. The number of hydrogen-bond acceptors (Lipinski definition) is 2. The molecule has 0 fully saturated rings. The molecule has 0 heterocycles. The summed E-state index contributed by atoms with van der Waals surface area (Å²) in [5, 5.41) is 1.75. The molecule has 0 saturated carbocycles. The van der Waals surface area contributed by atoms with Gasteiger partial charge in [0.1, 0.15) is 0 Å². The van der Waals surface area contributed by atoms with Crippen molar-refractivity contribution in [3.63, 3.8) is 0 Å². The first-order valence-electron chi connectivity index (χ1n) is 6.81. The van der Waals surface area contributed by atoms with E-state index in [1.165, 1.54) is 5.41 Å². The lowest BCUT2D eigenvalue weighted by molar-refractivity contribution is 0.609. The third-order valence-corrected chi connectivity index (χ3v) is 4.52. The Morgan fingerprint density at radius 2 is 1.55 bits per heavy atom. The molecule has 0 aromatic heterocycles. The summed E-state index contributed by atoms with van der Waals surface area (Å²) in [6.45, 7) is 5.96. The number of anilines is 1. The van der Waals surface area contributed by atoms with Crippen LogP contribution in [0.1, 0.15) is 22.3 Å². The topological polar surface area (TPSA) is 46.2 Å². The molecule has 22 heavy (non-hydrogen) atoms. The van der Waals surface area contributed by atoms with Gasteiger partial charge in [0.2, 0.25) is 0 Å². The summed E-state index contributed by atoms with van der Waals surface area (Å²) in [6, 6.07) is 10.6. The quantitative estimate of drug-likeness (QED) is 0.881. The predicted octanol–water partition coefficient (Wildman–Crippen LogP) is 4.68. The second kappa shape index (κ2) is 6.55. The molecule has 0 aliphatic heterocycles. The monoisotopic (exact) mass is 335 g/mol. The Balaban J connectivity index is 2.23. The maximum absolute atomic E-state index is 12.1. The lowest BCUT2D eigenvalue weighted by atomic mass is 10.0. The van der Waals surface area contributed by atoms with Crippen molar-refractivity contribution in [2.75, 3.05) is 4.72 Å². The van der Waals surface area contributed by atoms with Crippen molar-refractivity contribution in [1.82, 2.24) is 0 Å². The second-order valence-electron chi connectivity index (χ2n) is 5.27. The fourth-order valence-corrected chi connectivity index (χ4v) is 3.30. The minimum absolute atomic E-state index is 0.478. The van der Waals surface area contributed by atoms with Gasteiger partial charge in [-0.3, -0.25) is 4.72 Å². The van der Waals surface area contributed by atoms with Crippen LogP contribution in [0.4, 0.5) is 5.69 Å². The molecule has 0 radical (unpaired) electrons. The van der Waals surface area contributed by atoms with Crippen molar-refractivity contribution < 1.29 is 8.42 Å². The smallest absolute Gasteiger partial charge is 0.255 e. The van der Waals surface area contributed by atoms with Gasteiger partial charge in [-0.05, 0) is 67.8 Å². The molecule has 0 saturated heterocycles. The highest BCUT2D eigenvalue weighted by atomic mass is 35.5. The van der Waals surface area contributed by atoms with Gasteiger partial charge in [-0.1, -0.05) is 29.3 Å². The number of hydrogen-bond donors (Lipinski definition) is 1. The number of benzene rings is 2. The standard InChI is InChI=1S/C17H18ClNO2S/c1-12-10-13(2)17(14(3)11-12)8-9-22(20,21)19-16-6-4-15(18)5-7-16/h4-11,19H,1-3H3. The fourth-order valence-electron chi connectivity index (χ4n) is 2.33. The van der Waals surface area contributed by atoms with Gasteiger partial charge < -0.3 is 0 Å². The summed E-state index contributed by atoms with van der Waals surface area (Å²) >= 11 is 5.78. The Morgan fingerprint density at radius 1 is 1.00 bits per heavy atom. The van der Waals surface area contributed by atoms with E-state index >= 15 is 0 Å². The third-order valence-electron chi connectivity index (χ3n) is 3.26. The molecule has 3 nitrogen and oxygen atoms in total. The van der Waals surface area contributed by atoms with E-state index in [2.05, 4.69) is 4.72 Å². The highest BCUT2D eigenvalue weighted by Gasteiger charge is 2.07. The largest absolute Gasteiger partial charge is 0.280 e. The highest BCUT2D eigenvalue weighted by molar-refractivity contribution is 7.95. The van der Waals surface area contributed by atoms with E-state index in [1.807, 2.05) is 32.9 Å². The van der Waals surface area contributed by atoms with Crippen LogP contribution in [0.2, 0.25) is 5.02 Å². The summed E-state index contributed by atoms with van der Waals surface area (Å²) in [5.41, 5.74) is 4.67. The lowest BCUT2D eigenvalue weighted by Gasteiger charge is -2.08. The minimum Gasteiger partial charge on any atom is -0.280 e. The molecule has 2 aromatic rings. The van der Waals surface area contributed by atoms with E-state index < -0.39 is 10.0 Å². The van der Waals surface area contributed by atoms with E-state index in [0.717, 1.165) is 22.3 Å². The second-order valence-corrected chi connectivity index (χ2v) is 7.27. The molecule has 0 spiro atoms. The molecular formula is C17H18ClNO2S.